The topological polar surface area (TPSA) is 24.9 Å². The Hall–Kier alpha value is -0.850. The Morgan fingerprint density at radius 3 is 2.60 bits per heavy atom. The first-order valence-electron chi connectivity index (χ1n) is 6.38. The van der Waals surface area contributed by atoms with Gasteiger partial charge in [0, 0.05) is 34.1 Å². The molecule has 0 aliphatic heterocycles. The Morgan fingerprint density at radius 1 is 1.35 bits per heavy atom. The normalized spacial score (nSPS) is 12.6. The summed E-state index contributed by atoms with van der Waals surface area (Å²) in [6.45, 7) is 2.72. The van der Waals surface area contributed by atoms with Crippen LogP contribution in [0.4, 0.5) is 8.78 Å². The molecule has 108 valence electrons. The van der Waals surface area contributed by atoms with Gasteiger partial charge in [-0.15, -0.1) is 11.3 Å². The van der Waals surface area contributed by atoms with Crippen LogP contribution in [-0.2, 0) is 6.42 Å². The van der Waals surface area contributed by atoms with Gasteiger partial charge in [0.25, 0.3) is 0 Å². The Labute approximate surface area is 129 Å². The second-order valence-corrected chi connectivity index (χ2v) is 6.31. The van der Waals surface area contributed by atoms with Gasteiger partial charge in [-0.25, -0.2) is 13.8 Å². The van der Waals surface area contributed by atoms with Crippen molar-refractivity contribution in [2.75, 3.05) is 6.54 Å². The van der Waals surface area contributed by atoms with Gasteiger partial charge in [-0.2, -0.15) is 0 Å². The van der Waals surface area contributed by atoms with E-state index in [0.717, 1.165) is 11.4 Å². The van der Waals surface area contributed by atoms with Crippen molar-refractivity contribution >= 4 is 27.3 Å². The molecule has 2 nitrogen and oxygen atoms in total. The van der Waals surface area contributed by atoms with Crippen LogP contribution < -0.4 is 5.32 Å². The summed E-state index contributed by atoms with van der Waals surface area (Å²) in [6, 6.07) is 2.18. The quantitative estimate of drug-likeness (QED) is 0.821. The lowest BCUT2D eigenvalue weighted by molar-refractivity contribution is 0.463. The first-order valence-corrected chi connectivity index (χ1v) is 8.05. The van der Waals surface area contributed by atoms with Gasteiger partial charge in [0.15, 0.2) is 0 Å². The van der Waals surface area contributed by atoms with Crippen LogP contribution in [-0.4, -0.2) is 11.5 Å². The van der Waals surface area contributed by atoms with Gasteiger partial charge in [-0.05, 0) is 25.1 Å². The first-order chi connectivity index (χ1) is 9.61. The highest BCUT2D eigenvalue weighted by Gasteiger charge is 2.21. The van der Waals surface area contributed by atoms with E-state index in [-0.39, 0.29) is 5.56 Å². The minimum Gasteiger partial charge on any atom is -0.309 e. The molecule has 0 saturated heterocycles. The summed E-state index contributed by atoms with van der Waals surface area (Å²) in [6.07, 6.45) is 3.08. The highest BCUT2D eigenvalue weighted by molar-refractivity contribution is 9.10. The Morgan fingerprint density at radius 2 is 2.05 bits per heavy atom. The van der Waals surface area contributed by atoms with Gasteiger partial charge >= 0.3 is 0 Å². The standard InChI is InChI=1S/C14H15BrF2N2S/c1-2-3-18-12(8-13-19-4-5-20-13)14-10(16)6-9(15)7-11(14)17/h4-7,12,18H,2-3,8H2,1H3. The molecular weight excluding hydrogens is 346 g/mol. The highest BCUT2D eigenvalue weighted by atomic mass is 79.9. The van der Waals surface area contributed by atoms with E-state index < -0.39 is 17.7 Å². The van der Waals surface area contributed by atoms with E-state index in [1.807, 2.05) is 12.3 Å². The van der Waals surface area contributed by atoms with Crippen molar-refractivity contribution in [3.05, 3.63) is 50.4 Å². The van der Waals surface area contributed by atoms with Crippen molar-refractivity contribution < 1.29 is 8.78 Å². The van der Waals surface area contributed by atoms with E-state index in [0.29, 0.717) is 17.4 Å². The summed E-state index contributed by atoms with van der Waals surface area (Å²) >= 11 is 4.59. The van der Waals surface area contributed by atoms with E-state index in [9.17, 15) is 8.78 Å². The molecule has 1 heterocycles. The molecule has 0 aliphatic rings. The molecule has 1 aromatic heterocycles. The van der Waals surface area contributed by atoms with Crippen LogP contribution in [0.1, 0.15) is 30.0 Å². The molecule has 1 aromatic carbocycles. The third-order valence-corrected chi connectivity index (χ3v) is 4.16. The second kappa shape index (κ2) is 7.24. The van der Waals surface area contributed by atoms with E-state index in [4.69, 9.17) is 0 Å². The summed E-state index contributed by atoms with van der Waals surface area (Å²) in [4.78, 5) is 4.19. The molecule has 0 spiro atoms. The summed E-state index contributed by atoms with van der Waals surface area (Å²) in [5, 5.41) is 5.92. The largest absolute Gasteiger partial charge is 0.309 e. The van der Waals surface area contributed by atoms with Crippen molar-refractivity contribution in [3.8, 4) is 0 Å². The van der Waals surface area contributed by atoms with Crippen LogP contribution >= 0.6 is 27.3 Å². The Kier molecular flexibility index (Phi) is 5.63. The van der Waals surface area contributed by atoms with E-state index in [1.54, 1.807) is 6.20 Å². The fourth-order valence-electron chi connectivity index (χ4n) is 2.01. The van der Waals surface area contributed by atoms with Crippen molar-refractivity contribution in [2.24, 2.45) is 0 Å². The van der Waals surface area contributed by atoms with Gasteiger partial charge in [0.05, 0.1) is 5.01 Å². The highest BCUT2D eigenvalue weighted by Crippen LogP contribution is 2.27. The minimum atomic E-state index is -0.540. The number of halogens is 3. The third-order valence-electron chi connectivity index (χ3n) is 2.90. The maximum Gasteiger partial charge on any atom is 0.132 e. The average Bonchev–Trinajstić information content (AvgIpc) is 2.87. The lowest BCUT2D eigenvalue weighted by Crippen LogP contribution is -2.26. The van der Waals surface area contributed by atoms with E-state index in [1.165, 1.54) is 23.5 Å². The van der Waals surface area contributed by atoms with Crippen LogP contribution in [0.2, 0.25) is 0 Å². The molecule has 2 aromatic rings. The zero-order valence-corrected chi connectivity index (χ0v) is 13.4. The summed E-state index contributed by atoms with van der Waals surface area (Å²) in [5.41, 5.74) is 0.0804. The SMILES string of the molecule is CCCNC(Cc1nccs1)c1c(F)cc(Br)cc1F. The van der Waals surface area contributed by atoms with Gasteiger partial charge in [0.1, 0.15) is 11.6 Å². The van der Waals surface area contributed by atoms with Crippen LogP contribution in [0, 0.1) is 11.6 Å². The van der Waals surface area contributed by atoms with E-state index >= 15 is 0 Å². The summed E-state index contributed by atoms with van der Waals surface area (Å²) in [5.74, 6) is -1.08. The number of nitrogens with one attached hydrogen (secondary N) is 1. The molecule has 0 amide bonds. The molecule has 0 aliphatic carbocycles. The van der Waals surface area contributed by atoms with Crippen LogP contribution in [0.3, 0.4) is 0 Å². The van der Waals surface area contributed by atoms with Crippen molar-refractivity contribution in [3.63, 3.8) is 0 Å². The average molecular weight is 361 g/mol. The predicted octanol–water partition coefficient (Wildman–Crippen LogP) is 4.47. The number of hydrogen-bond acceptors (Lipinski definition) is 3. The fourth-order valence-corrected chi connectivity index (χ4v) is 3.07. The smallest absolute Gasteiger partial charge is 0.132 e. The number of aromatic nitrogens is 1. The Bertz CT molecular complexity index is 537. The van der Waals surface area contributed by atoms with Crippen molar-refractivity contribution in [1.82, 2.24) is 10.3 Å². The molecule has 20 heavy (non-hydrogen) atoms. The molecule has 1 atom stereocenters. The number of rotatable bonds is 6. The molecule has 0 radical (unpaired) electrons. The van der Waals surface area contributed by atoms with Crippen molar-refractivity contribution in [1.29, 1.82) is 0 Å². The van der Waals surface area contributed by atoms with Crippen molar-refractivity contribution in [2.45, 2.75) is 25.8 Å². The molecule has 0 bridgehead atoms. The molecule has 1 N–H and O–H groups in total. The van der Waals surface area contributed by atoms with Gasteiger partial charge < -0.3 is 5.32 Å². The second-order valence-electron chi connectivity index (χ2n) is 4.42. The molecule has 0 fully saturated rings. The first kappa shape index (κ1) is 15.5. The minimum absolute atomic E-state index is 0.0804. The summed E-state index contributed by atoms with van der Waals surface area (Å²) < 4.78 is 28.6. The van der Waals surface area contributed by atoms with E-state index in [2.05, 4.69) is 26.2 Å². The molecular formula is C14H15BrF2N2S. The predicted molar refractivity (Wildman–Crippen MR) is 80.9 cm³/mol. The third kappa shape index (κ3) is 3.84. The Balaban J connectivity index is 2.30. The fraction of sp³-hybridized carbons (Fsp3) is 0.357. The maximum absolute atomic E-state index is 14.1. The molecule has 6 heteroatoms. The summed E-state index contributed by atoms with van der Waals surface area (Å²) in [7, 11) is 0. The molecule has 0 saturated carbocycles. The lowest BCUT2D eigenvalue weighted by Gasteiger charge is -2.19. The number of thiazole rings is 1. The number of benzene rings is 1. The number of hydrogen-bond donors (Lipinski definition) is 1. The molecule has 1 unspecified atom stereocenters. The van der Waals surface area contributed by atoms with Gasteiger partial charge in [-0.3, -0.25) is 0 Å². The maximum atomic E-state index is 14.1. The van der Waals surface area contributed by atoms with Crippen LogP contribution in [0.5, 0.6) is 0 Å². The lowest BCUT2D eigenvalue weighted by atomic mass is 10.0. The zero-order chi connectivity index (χ0) is 14.5. The molecule has 2 rings (SSSR count). The zero-order valence-electron chi connectivity index (χ0n) is 11.0. The van der Waals surface area contributed by atoms with Gasteiger partial charge in [-0.1, -0.05) is 22.9 Å². The number of nitrogens with zero attached hydrogens (tertiary/aromatic N) is 1. The van der Waals surface area contributed by atoms with Crippen LogP contribution in [0.15, 0.2) is 28.2 Å². The monoisotopic (exact) mass is 360 g/mol. The van der Waals surface area contributed by atoms with Crippen LogP contribution in [0.25, 0.3) is 0 Å². The van der Waals surface area contributed by atoms with Gasteiger partial charge in [0.2, 0.25) is 0 Å².